The highest BCUT2D eigenvalue weighted by molar-refractivity contribution is 9.10. The topological polar surface area (TPSA) is 46.3 Å². The van der Waals surface area contributed by atoms with Crippen molar-refractivity contribution in [3.8, 4) is 0 Å². The van der Waals surface area contributed by atoms with Crippen LogP contribution >= 0.6 is 28.3 Å². The summed E-state index contributed by atoms with van der Waals surface area (Å²) >= 11 is 3.32. The quantitative estimate of drug-likeness (QED) is 0.845. The van der Waals surface area contributed by atoms with Crippen LogP contribution in [0, 0.1) is 12.7 Å². The first-order chi connectivity index (χ1) is 8.49. The lowest BCUT2D eigenvalue weighted by Crippen LogP contribution is -2.43. The fourth-order valence-electron chi connectivity index (χ4n) is 2.08. The van der Waals surface area contributed by atoms with E-state index >= 15 is 0 Å². The minimum absolute atomic E-state index is 0. The molecule has 1 aliphatic heterocycles. The highest BCUT2D eigenvalue weighted by Gasteiger charge is 2.23. The van der Waals surface area contributed by atoms with Gasteiger partial charge in [0.15, 0.2) is 0 Å². The van der Waals surface area contributed by atoms with Crippen molar-refractivity contribution >= 4 is 34.2 Å². The van der Waals surface area contributed by atoms with Crippen LogP contribution in [0.5, 0.6) is 0 Å². The third-order valence-corrected chi connectivity index (χ3v) is 3.96. The maximum atomic E-state index is 13.5. The maximum Gasteiger partial charge on any atom is 0.255 e. The van der Waals surface area contributed by atoms with Crippen molar-refractivity contribution in [2.45, 2.75) is 25.8 Å². The molecule has 0 bridgehead atoms. The van der Waals surface area contributed by atoms with E-state index in [-0.39, 0.29) is 30.2 Å². The summed E-state index contributed by atoms with van der Waals surface area (Å²) in [6.45, 7) is 2.96. The Morgan fingerprint density at radius 3 is 2.58 bits per heavy atom. The third kappa shape index (κ3) is 3.68. The summed E-state index contributed by atoms with van der Waals surface area (Å²) in [6.07, 6.45) is 1.61. The lowest BCUT2D eigenvalue weighted by Gasteiger charge is -2.30. The Morgan fingerprint density at radius 2 is 2.00 bits per heavy atom. The number of halogens is 3. The number of hydrogen-bond donors (Lipinski definition) is 1. The normalized spacial score (nSPS) is 16.1. The van der Waals surface area contributed by atoms with Crippen LogP contribution in [0.25, 0.3) is 0 Å². The number of amides is 1. The number of hydrogen-bond acceptors (Lipinski definition) is 2. The van der Waals surface area contributed by atoms with Crippen LogP contribution in [0.3, 0.4) is 0 Å². The van der Waals surface area contributed by atoms with Gasteiger partial charge in [-0.3, -0.25) is 4.79 Å². The van der Waals surface area contributed by atoms with Gasteiger partial charge < -0.3 is 10.6 Å². The number of carbonyl (C=O) groups is 1. The molecule has 1 aromatic carbocycles. The highest BCUT2D eigenvalue weighted by Crippen LogP contribution is 2.23. The average molecular weight is 352 g/mol. The zero-order valence-electron chi connectivity index (χ0n) is 10.7. The maximum absolute atomic E-state index is 13.5. The fourth-order valence-corrected chi connectivity index (χ4v) is 2.71. The zero-order chi connectivity index (χ0) is 13.3. The Morgan fingerprint density at radius 1 is 1.42 bits per heavy atom. The van der Waals surface area contributed by atoms with Crippen LogP contribution < -0.4 is 5.73 Å². The van der Waals surface area contributed by atoms with Gasteiger partial charge in [0.25, 0.3) is 5.91 Å². The monoisotopic (exact) mass is 350 g/mol. The van der Waals surface area contributed by atoms with Crippen LogP contribution in [0.2, 0.25) is 0 Å². The number of aryl methyl sites for hydroxylation is 1. The van der Waals surface area contributed by atoms with Gasteiger partial charge in [0.1, 0.15) is 5.82 Å². The first-order valence-corrected chi connectivity index (χ1v) is 6.79. The number of carbonyl (C=O) groups excluding carboxylic acids is 1. The van der Waals surface area contributed by atoms with Gasteiger partial charge >= 0.3 is 0 Å². The van der Waals surface area contributed by atoms with Gasteiger partial charge in [-0.2, -0.15) is 0 Å². The lowest BCUT2D eigenvalue weighted by molar-refractivity contribution is 0.0713. The van der Waals surface area contributed by atoms with E-state index in [0.717, 1.165) is 12.8 Å². The van der Waals surface area contributed by atoms with Crippen molar-refractivity contribution in [1.29, 1.82) is 0 Å². The van der Waals surface area contributed by atoms with Gasteiger partial charge in [-0.05, 0) is 53.4 Å². The molecule has 2 rings (SSSR count). The van der Waals surface area contributed by atoms with Gasteiger partial charge in [0, 0.05) is 23.6 Å². The van der Waals surface area contributed by atoms with Gasteiger partial charge in [-0.15, -0.1) is 12.4 Å². The summed E-state index contributed by atoms with van der Waals surface area (Å²) in [4.78, 5) is 14.0. The van der Waals surface area contributed by atoms with E-state index in [1.807, 2.05) is 0 Å². The van der Waals surface area contributed by atoms with E-state index in [1.165, 1.54) is 6.07 Å². The van der Waals surface area contributed by atoms with Gasteiger partial charge in [0.05, 0.1) is 5.56 Å². The van der Waals surface area contributed by atoms with Gasteiger partial charge in [-0.25, -0.2) is 4.39 Å². The SMILES string of the molecule is Cc1cc(Br)c(C(=O)N2CCC(N)CC2)cc1F.Cl. The molecule has 0 saturated carbocycles. The predicted octanol–water partition coefficient (Wildman–Crippen LogP) is 2.88. The minimum atomic E-state index is -0.352. The Balaban J connectivity index is 0.00000180. The van der Waals surface area contributed by atoms with Crippen molar-refractivity contribution in [2.24, 2.45) is 5.73 Å². The predicted molar refractivity (Wildman–Crippen MR) is 79.2 cm³/mol. The number of likely N-dealkylation sites (tertiary alicyclic amines) is 1. The average Bonchev–Trinajstić information content (AvgIpc) is 2.34. The molecule has 0 aliphatic carbocycles. The van der Waals surface area contributed by atoms with E-state index in [2.05, 4.69) is 15.9 Å². The molecule has 19 heavy (non-hydrogen) atoms. The van der Waals surface area contributed by atoms with E-state index in [9.17, 15) is 9.18 Å². The molecule has 1 fully saturated rings. The molecule has 1 saturated heterocycles. The van der Waals surface area contributed by atoms with Crippen molar-refractivity contribution in [1.82, 2.24) is 4.90 Å². The summed E-state index contributed by atoms with van der Waals surface area (Å²) < 4.78 is 14.2. The molecular formula is C13H17BrClFN2O. The molecule has 3 nitrogen and oxygen atoms in total. The second kappa shape index (κ2) is 6.68. The van der Waals surface area contributed by atoms with Crippen LogP contribution in [-0.2, 0) is 0 Å². The van der Waals surface area contributed by atoms with Crippen LogP contribution in [0.4, 0.5) is 4.39 Å². The summed E-state index contributed by atoms with van der Waals surface area (Å²) in [5, 5.41) is 0. The van der Waals surface area contributed by atoms with E-state index in [0.29, 0.717) is 28.7 Å². The lowest BCUT2D eigenvalue weighted by atomic mass is 10.0. The highest BCUT2D eigenvalue weighted by atomic mass is 79.9. The third-order valence-electron chi connectivity index (χ3n) is 3.31. The molecule has 0 spiro atoms. The number of nitrogens with zero attached hydrogens (tertiary/aromatic N) is 1. The molecule has 1 amide bonds. The second-order valence-corrected chi connectivity index (χ2v) is 5.57. The zero-order valence-corrected chi connectivity index (χ0v) is 13.1. The van der Waals surface area contributed by atoms with Crippen molar-refractivity contribution in [3.05, 3.63) is 33.5 Å². The summed E-state index contributed by atoms with van der Waals surface area (Å²) in [6, 6.07) is 3.11. The molecule has 1 aromatic rings. The Bertz CT molecular complexity index is 476. The van der Waals surface area contributed by atoms with Gasteiger partial charge in [0.2, 0.25) is 0 Å². The largest absolute Gasteiger partial charge is 0.338 e. The second-order valence-electron chi connectivity index (χ2n) is 4.71. The molecule has 0 atom stereocenters. The Hall–Kier alpha value is -0.650. The number of benzene rings is 1. The van der Waals surface area contributed by atoms with Crippen LogP contribution in [0.1, 0.15) is 28.8 Å². The standard InChI is InChI=1S/C13H16BrFN2O.ClH/c1-8-6-11(14)10(7-12(8)15)13(18)17-4-2-9(16)3-5-17;/h6-7,9H,2-5,16H2,1H3;1H. The van der Waals surface area contributed by atoms with Gasteiger partial charge in [-0.1, -0.05) is 0 Å². The van der Waals surface area contributed by atoms with E-state index < -0.39 is 0 Å². The van der Waals surface area contributed by atoms with Crippen molar-refractivity contribution < 1.29 is 9.18 Å². The smallest absolute Gasteiger partial charge is 0.255 e. The molecule has 0 unspecified atom stereocenters. The molecular weight excluding hydrogens is 335 g/mol. The molecule has 6 heteroatoms. The molecule has 0 aromatic heterocycles. The fraction of sp³-hybridized carbons (Fsp3) is 0.462. The molecule has 2 N–H and O–H groups in total. The minimum Gasteiger partial charge on any atom is -0.338 e. The van der Waals surface area contributed by atoms with Crippen LogP contribution in [-0.4, -0.2) is 29.9 Å². The summed E-state index contributed by atoms with van der Waals surface area (Å²) in [5.41, 5.74) is 6.71. The van der Waals surface area contributed by atoms with E-state index in [1.54, 1.807) is 17.9 Å². The number of piperidine rings is 1. The number of rotatable bonds is 1. The molecule has 0 radical (unpaired) electrons. The first-order valence-electron chi connectivity index (χ1n) is 5.99. The first kappa shape index (κ1) is 16.4. The summed E-state index contributed by atoms with van der Waals surface area (Å²) in [7, 11) is 0. The molecule has 106 valence electrons. The van der Waals surface area contributed by atoms with Crippen LogP contribution in [0.15, 0.2) is 16.6 Å². The Kier molecular flexibility index (Phi) is 5.77. The number of nitrogens with two attached hydrogens (primary N) is 1. The Labute approximate surface area is 126 Å². The van der Waals surface area contributed by atoms with E-state index in [4.69, 9.17) is 5.73 Å². The van der Waals surface area contributed by atoms with Crippen molar-refractivity contribution in [2.75, 3.05) is 13.1 Å². The molecule has 1 aliphatic rings. The van der Waals surface area contributed by atoms with Crippen molar-refractivity contribution in [3.63, 3.8) is 0 Å². The summed E-state index contributed by atoms with van der Waals surface area (Å²) in [5.74, 6) is -0.483. The molecule has 1 heterocycles.